The van der Waals surface area contributed by atoms with Crippen molar-refractivity contribution < 1.29 is 19.1 Å². The Hall–Kier alpha value is -2.11. The number of nitrogens with one attached hydrogen (secondary N) is 1. The van der Waals surface area contributed by atoms with Crippen molar-refractivity contribution in [3.63, 3.8) is 0 Å². The van der Waals surface area contributed by atoms with E-state index >= 15 is 0 Å². The maximum atomic E-state index is 13.7. The van der Waals surface area contributed by atoms with Crippen LogP contribution in [0.3, 0.4) is 0 Å². The van der Waals surface area contributed by atoms with Gasteiger partial charge in [-0.3, -0.25) is 4.79 Å². The van der Waals surface area contributed by atoms with Gasteiger partial charge in [0, 0.05) is 5.56 Å². The summed E-state index contributed by atoms with van der Waals surface area (Å²) >= 11 is 0. The summed E-state index contributed by atoms with van der Waals surface area (Å²) in [4.78, 5) is 21.9. The smallest absolute Gasteiger partial charge is 0.326 e. The first kappa shape index (κ1) is 14.9. The Morgan fingerprint density at radius 1 is 1.47 bits per heavy atom. The molecular formula is C13H17FN2O3. The molecule has 1 rings (SSSR count). The summed E-state index contributed by atoms with van der Waals surface area (Å²) in [5.74, 6) is -2.46. The number of anilines is 1. The van der Waals surface area contributed by atoms with Crippen LogP contribution in [0.2, 0.25) is 0 Å². The Bertz CT molecular complexity index is 477. The predicted octanol–water partition coefficient (Wildman–Crippen LogP) is 1.98. The third kappa shape index (κ3) is 4.24. The molecule has 4 N–H and O–H groups in total. The molecule has 0 aliphatic carbocycles. The summed E-state index contributed by atoms with van der Waals surface area (Å²) in [5, 5.41) is 11.7. The van der Waals surface area contributed by atoms with Gasteiger partial charge in [-0.1, -0.05) is 19.8 Å². The standard InChI is InChI=1S/C13H17FN2O3/c1-2-3-4-11(13(18)19)16-10-6-5-8(12(15)17)7-9(10)14/h5-7,11,16H,2-4H2,1H3,(H2,15,17)(H,18,19). The second kappa shape index (κ2) is 6.72. The van der Waals surface area contributed by atoms with Crippen LogP contribution in [-0.4, -0.2) is 23.0 Å². The molecule has 1 atom stereocenters. The molecular weight excluding hydrogens is 251 g/mol. The lowest BCUT2D eigenvalue weighted by molar-refractivity contribution is -0.138. The van der Waals surface area contributed by atoms with Gasteiger partial charge in [-0.25, -0.2) is 9.18 Å². The summed E-state index contributed by atoms with van der Waals surface area (Å²) in [5.41, 5.74) is 5.12. The topological polar surface area (TPSA) is 92.4 Å². The third-order valence-electron chi connectivity index (χ3n) is 2.73. The van der Waals surface area contributed by atoms with Crippen LogP contribution in [0, 0.1) is 5.82 Å². The lowest BCUT2D eigenvalue weighted by Gasteiger charge is -2.16. The van der Waals surface area contributed by atoms with Gasteiger partial charge in [0.05, 0.1) is 5.69 Å². The van der Waals surface area contributed by atoms with Gasteiger partial charge in [-0.2, -0.15) is 0 Å². The van der Waals surface area contributed by atoms with E-state index in [2.05, 4.69) is 5.32 Å². The van der Waals surface area contributed by atoms with Crippen molar-refractivity contribution in [2.75, 3.05) is 5.32 Å². The van der Waals surface area contributed by atoms with E-state index in [0.29, 0.717) is 6.42 Å². The summed E-state index contributed by atoms with van der Waals surface area (Å²) in [6.45, 7) is 1.95. The fourth-order valence-electron chi connectivity index (χ4n) is 1.64. The van der Waals surface area contributed by atoms with Crippen molar-refractivity contribution in [2.45, 2.75) is 32.2 Å². The number of hydrogen-bond donors (Lipinski definition) is 3. The Morgan fingerprint density at radius 3 is 2.63 bits per heavy atom. The molecule has 1 unspecified atom stereocenters. The van der Waals surface area contributed by atoms with Gasteiger partial charge >= 0.3 is 5.97 Å². The Labute approximate surface area is 110 Å². The second-order valence-corrected chi connectivity index (χ2v) is 4.24. The van der Waals surface area contributed by atoms with Crippen molar-refractivity contribution in [3.05, 3.63) is 29.6 Å². The minimum Gasteiger partial charge on any atom is -0.480 e. The second-order valence-electron chi connectivity index (χ2n) is 4.24. The molecule has 0 aliphatic rings. The first-order valence-electron chi connectivity index (χ1n) is 6.04. The SMILES string of the molecule is CCCCC(Nc1ccc(C(N)=O)cc1F)C(=O)O. The molecule has 0 heterocycles. The van der Waals surface area contributed by atoms with Crippen molar-refractivity contribution >= 4 is 17.6 Å². The lowest BCUT2D eigenvalue weighted by Crippen LogP contribution is -2.29. The fraction of sp³-hybridized carbons (Fsp3) is 0.385. The average Bonchev–Trinajstić information content (AvgIpc) is 2.35. The minimum absolute atomic E-state index is 0.0449. The van der Waals surface area contributed by atoms with Crippen molar-refractivity contribution in [3.8, 4) is 0 Å². The highest BCUT2D eigenvalue weighted by Gasteiger charge is 2.18. The van der Waals surface area contributed by atoms with Crippen LogP contribution in [0.4, 0.5) is 10.1 Å². The van der Waals surface area contributed by atoms with Gasteiger partial charge in [0.25, 0.3) is 0 Å². The van der Waals surface area contributed by atoms with E-state index in [1.165, 1.54) is 12.1 Å². The number of nitrogens with two attached hydrogens (primary N) is 1. The predicted molar refractivity (Wildman–Crippen MR) is 69.5 cm³/mol. The molecule has 0 bridgehead atoms. The highest BCUT2D eigenvalue weighted by molar-refractivity contribution is 5.93. The van der Waals surface area contributed by atoms with E-state index in [4.69, 9.17) is 10.8 Å². The first-order chi connectivity index (χ1) is 8.95. The molecule has 6 heteroatoms. The molecule has 1 amide bonds. The average molecular weight is 268 g/mol. The summed E-state index contributed by atoms with van der Waals surface area (Å²) in [7, 11) is 0. The highest BCUT2D eigenvalue weighted by atomic mass is 19.1. The number of aliphatic carboxylic acids is 1. The zero-order chi connectivity index (χ0) is 14.4. The van der Waals surface area contributed by atoms with Gasteiger partial charge in [0.15, 0.2) is 0 Å². The van der Waals surface area contributed by atoms with E-state index < -0.39 is 23.7 Å². The van der Waals surface area contributed by atoms with Gasteiger partial charge in [0.1, 0.15) is 11.9 Å². The summed E-state index contributed by atoms with van der Waals surface area (Å²) in [6.07, 6.45) is 1.99. The van der Waals surface area contributed by atoms with Crippen molar-refractivity contribution in [2.24, 2.45) is 5.73 Å². The highest BCUT2D eigenvalue weighted by Crippen LogP contribution is 2.18. The zero-order valence-electron chi connectivity index (χ0n) is 10.6. The van der Waals surface area contributed by atoms with Crippen LogP contribution >= 0.6 is 0 Å². The molecule has 0 spiro atoms. The molecule has 1 aromatic carbocycles. The molecule has 0 aliphatic heterocycles. The number of carboxylic acid groups (broad SMARTS) is 1. The van der Waals surface area contributed by atoms with Crippen molar-refractivity contribution in [1.82, 2.24) is 0 Å². The summed E-state index contributed by atoms with van der Waals surface area (Å²) in [6, 6.07) is 2.81. The maximum absolute atomic E-state index is 13.7. The number of carboxylic acids is 1. The molecule has 5 nitrogen and oxygen atoms in total. The quantitative estimate of drug-likeness (QED) is 0.705. The molecule has 0 aromatic heterocycles. The molecule has 19 heavy (non-hydrogen) atoms. The van der Waals surface area contributed by atoms with Crippen LogP contribution in [0.5, 0.6) is 0 Å². The van der Waals surface area contributed by atoms with Crippen LogP contribution < -0.4 is 11.1 Å². The number of amides is 1. The Kier molecular flexibility index (Phi) is 5.29. The number of carbonyl (C=O) groups excluding carboxylic acids is 1. The lowest BCUT2D eigenvalue weighted by atomic mass is 10.1. The van der Waals surface area contributed by atoms with Gasteiger partial charge in [-0.05, 0) is 24.6 Å². The van der Waals surface area contributed by atoms with Crippen LogP contribution in [0.15, 0.2) is 18.2 Å². The molecule has 0 saturated heterocycles. The number of benzene rings is 1. The zero-order valence-corrected chi connectivity index (χ0v) is 10.6. The maximum Gasteiger partial charge on any atom is 0.326 e. The first-order valence-corrected chi connectivity index (χ1v) is 6.04. The number of halogens is 1. The number of unbranched alkanes of at least 4 members (excludes halogenated alkanes) is 1. The van der Waals surface area contributed by atoms with E-state index in [0.717, 1.165) is 18.9 Å². The molecule has 0 radical (unpaired) electrons. The van der Waals surface area contributed by atoms with Crippen LogP contribution in [0.1, 0.15) is 36.5 Å². The number of carbonyl (C=O) groups is 2. The van der Waals surface area contributed by atoms with E-state index in [-0.39, 0.29) is 11.3 Å². The fourth-order valence-corrected chi connectivity index (χ4v) is 1.64. The molecule has 0 saturated carbocycles. The largest absolute Gasteiger partial charge is 0.480 e. The van der Waals surface area contributed by atoms with E-state index in [9.17, 15) is 14.0 Å². The molecule has 104 valence electrons. The van der Waals surface area contributed by atoms with Gasteiger partial charge in [-0.15, -0.1) is 0 Å². The van der Waals surface area contributed by atoms with E-state index in [1.807, 2.05) is 6.92 Å². The number of hydrogen-bond acceptors (Lipinski definition) is 3. The minimum atomic E-state index is -1.04. The van der Waals surface area contributed by atoms with E-state index in [1.54, 1.807) is 0 Å². The Morgan fingerprint density at radius 2 is 2.16 bits per heavy atom. The molecule has 0 fully saturated rings. The van der Waals surface area contributed by atoms with Crippen LogP contribution in [0.25, 0.3) is 0 Å². The number of primary amides is 1. The van der Waals surface area contributed by atoms with Crippen LogP contribution in [-0.2, 0) is 4.79 Å². The Balaban J connectivity index is 2.84. The van der Waals surface area contributed by atoms with Crippen molar-refractivity contribution in [1.29, 1.82) is 0 Å². The third-order valence-corrected chi connectivity index (χ3v) is 2.73. The molecule has 1 aromatic rings. The normalized spacial score (nSPS) is 11.9. The monoisotopic (exact) mass is 268 g/mol. The summed E-state index contributed by atoms with van der Waals surface area (Å²) < 4.78 is 13.7. The van der Waals surface area contributed by atoms with Gasteiger partial charge < -0.3 is 16.2 Å². The number of rotatable bonds is 7. The van der Waals surface area contributed by atoms with Gasteiger partial charge in [0.2, 0.25) is 5.91 Å².